The molecule has 0 atom stereocenters. The summed E-state index contributed by atoms with van der Waals surface area (Å²) in [5.74, 6) is 0.834. The summed E-state index contributed by atoms with van der Waals surface area (Å²) in [6, 6.07) is 5.38. The minimum absolute atomic E-state index is 0.311. The average Bonchev–Trinajstić information content (AvgIpc) is 2.28. The molecule has 0 spiro atoms. The number of hydrogen-bond donors (Lipinski definition) is 0. The lowest BCUT2D eigenvalue weighted by Crippen LogP contribution is -2.04. The first-order chi connectivity index (χ1) is 7.60. The molecule has 0 radical (unpaired) electrons. The van der Waals surface area contributed by atoms with Crippen molar-refractivity contribution in [2.24, 2.45) is 0 Å². The third-order valence-corrected chi connectivity index (χ3v) is 2.35. The number of ether oxygens (including phenoxy) is 2. The molecule has 0 aromatic heterocycles. The first-order valence-electron chi connectivity index (χ1n) is 5.45. The number of carbonyl (C=O) groups is 1. The summed E-state index contributed by atoms with van der Waals surface area (Å²) in [7, 11) is 1.38. The van der Waals surface area contributed by atoms with Gasteiger partial charge in [-0.1, -0.05) is 13.8 Å². The molecule has 0 heterocycles. The Labute approximate surface area is 96.4 Å². The van der Waals surface area contributed by atoms with Crippen molar-refractivity contribution >= 4 is 5.97 Å². The van der Waals surface area contributed by atoms with Gasteiger partial charge in [0.1, 0.15) is 5.75 Å². The molecular weight excluding hydrogens is 204 g/mol. The second kappa shape index (κ2) is 5.54. The van der Waals surface area contributed by atoms with Gasteiger partial charge >= 0.3 is 5.97 Å². The Balaban J connectivity index is 3.12. The van der Waals surface area contributed by atoms with Crippen LogP contribution in [0, 0.1) is 0 Å². The van der Waals surface area contributed by atoms with E-state index in [1.54, 1.807) is 6.07 Å². The number of benzene rings is 1. The quantitative estimate of drug-likeness (QED) is 0.735. The summed E-state index contributed by atoms with van der Waals surface area (Å²) in [5.41, 5.74) is 1.60. The van der Waals surface area contributed by atoms with Gasteiger partial charge in [-0.05, 0) is 36.6 Å². The molecule has 1 aromatic carbocycles. The van der Waals surface area contributed by atoms with Crippen molar-refractivity contribution in [2.75, 3.05) is 13.7 Å². The third kappa shape index (κ3) is 2.75. The molecule has 1 aromatic rings. The fraction of sp³-hybridized carbons (Fsp3) is 0.462. The van der Waals surface area contributed by atoms with Crippen LogP contribution in [0.4, 0.5) is 0 Å². The topological polar surface area (TPSA) is 35.5 Å². The van der Waals surface area contributed by atoms with E-state index in [-0.39, 0.29) is 5.97 Å². The Bertz CT molecular complexity index is 369. The summed E-state index contributed by atoms with van der Waals surface area (Å²) in [6.07, 6.45) is 0. The maximum atomic E-state index is 11.4. The number of hydrogen-bond acceptors (Lipinski definition) is 3. The van der Waals surface area contributed by atoms with E-state index in [1.807, 2.05) is 19.1 Å². The van der Waals surface area contributed by atoms with Crippen LogP contribution in [0.15, 0.2) is 18.2 Å². The molecule has 0 aliphatic carbocycles. The fourth-order valence-corrected chi connectivity index (χ4v) is 1.53. The normalized spacial score (nSPS) is 10.3. The Morgan fingerprint density at radius 2 is 2.06 bits per heavy atom. The lowest BCUT2D eigenvalue weighted by atomic mass is 9.99. The molecule has 0 fully saturated rings. The van der Waals surface area contributed by atoms with Gasteiger partial charge in [0.2, 0.25) is 0 Å². The number of rotatable bonds is 4. The molecule has 1 rings (SSSR count). The van der Waals surface area contributed by atoms with E-state index in [2.05, 4.69) is 13.8 Å². The van der Waals surface area contributed by atoms with Crippen LogP contribution in [-0.4, -0.2) is 19.7 Å². The maximum absolute atomic E-state index is 11.4. The number of carbonyl (C=O) groups excluding carboxylic acids is 1. The molecule has 0 aliphatic heterocycles. The number of esters is 1. The second-order valence-electron chi connectivity index (χ2n) is 3.83. The first-order valence-corrected chi connectivity index (χ1v) is 5.45. The lowest BCUT2D eigenvalue weighted by molar-refractivity contribution is 0.0600. The lowest BCUT2D eigenvalue weighted by Gasteiger charge is -2.14. The Kier molecular flexibility index (Phi) is 4.35. The molecule has 0 aliphatic rings. The molecular formula is C13H18O3. The van der Waals surface area contributed by atoms with Crippen LogP contribution >= 0.6 is 0 Å². The van der Waals surface area contributed by atoms with E-state index < -0.39 is 0 Å². The van der Waals surface area contributed by atoms with Gasteiger partial charge in [-0.15, -0.1) is 0 Å². The summed E-state index contributed by atoms with van der Waals surface area (Å²) in [6.45, 7) is 6.70. The fourth-order valence-electron chi connectivity index (χ4n) is 1.53. The van der Waals surface area contributed by atoms with Crippen molar-refractivity contribution < 1.29 is 14.3 Å². The van der Waals surface area contributed by atoms with Crippen LogP contribution in [0.25, 0.3) is 0 Å². The Morgan fingerprint density at radius 1 is 1.38 bits per heavy atom. The maximum Gasteiger partial charge on any atom is 0.337 e. The minimum Gasteiger partial charge on any atom is -0.494 e. The Morgan fingerprint density at radius 3 is 2.56 bits per heavy atom. The van der Waals surface area contributed by atoms with Gasteiger partial charge in [0.25, 0.3) is 0 Å². The minimum atomic E-state index is -0.315. The van der Waals surface area contributed by atoms with E-state index in [9.17, 15) is 4.79 Å². The molecule has 3 heteroatoms. The van der Waals surface area contributed by atoms with E-state index in [0.717, 1.165) is 11.3 Å². The number of methoxy groups -OCH3 is 1. The van der Waals surface area contributed by atoms with Crippen LogP contribution in [0.1, 0.15) is 42.6 Å². The van der Waals surface area contributed by atoms with Gasteiger partial charge in [-0.3, -0.25) is 0 Å². The summed E-state index contributed by atoms with van der Waals surface area (Å²) in [4.78, 5) is 11.4. The first kappa shape index (κ1) is 12.6. The SMILES string of the molecule is CCOc1ccc(C(=O)OC)cc1C(C)C. The monoisotopic (exact) mass is 222 g/mol. The molecule has 0 bridgehead atoms. The van der Waals surface area contributed by atoms with E-state index in [4.69, 9.17) is 9.47 Å². The van der Waals surface area contributed by atoms with Crippen LogP contribution in [-0.2, 0) is 4.74 Å². The van der Waals surface area contributed by atoms with Gasteiger partial charge in [0.15, 0.2) is 0 Å². The van der Waals surface area contributed by atoms with E-state index >= 15 is 0 Å². The van der Waals surface area contributed by atoms with Crippen molar-refractivity contribution in [3.8, 4) is 5.75 Å². The van der Waals surface area contributed by atoms with Crippen molar-refractivity contribution in [1.29, 1.82) is 0 Å². The van der Waals surface area contributed by atoms with Crippen molar-refractivity contribution in [1.82, 2.24) is 0 Å². The largest absolute Gasteiger partial charge is 0.494 e. The second-order valence-corrected chi connectivity index (χ2v) is 3.83. The summed E-state index contributed by atoms with van der Waals surface area (Å²) in [5, 5.41) is 0. The molecule has 16 heavy (non-hydrogen) atoms. The van der Waals surface area contributed by atoms with Gasteiger partial charge < -0.3 is 9.47 Å². The predicted molar refractivity (Wildman–Crippen MR) is 63.0 cm³/mol. The summed E-state index contributed by atoms with van der Waals surface area (Å²) < 4.78 is 10.2. The highest BCUT2D eigenvalue weighted by molar-refractivity contribution is 5.89. The highest BCUT2D eigenvalue weighted by Gasteiger charge is 2.12. The molecule has 0 saturated carbocycles. The molecule has 0 amide bonds. The van der Waals surface area contributed by atoms with Gasteiger partial charge in [-0.2, -0.15) is 0 Å². The van der Waals surface area contributed by atoms with Crippen LogP contribution in [0.5, 0.6) is 5.75 Å². The zero-order valence-corrected chi connectivity index (χ0v) is 10.2. The molecule has 88 valence electrons. The zero-order chi connectivity index (χ0) is 12.1. The summed E-state index contributed by atoms with van der Waals surface area (Å²) >= 11 is 0. The standard InChI is InChI=1S/C13H18O3/c1-5-16-12-7-6-10(13(14)15-4)8-11(12)9(2)3/h6-9H,5H2,1-4H3. The average molecular weight is 222 g/mol. The third-order valence-electron chi connectivity index (χ3n) is 2.35. The van der Waals surface area contributed by atoms with Crippen molar-refractivity contribution in [2.45, 2.75) is 26.7 Å². The van der Waals surface area contributed by atoms with Crippen LogP contribution < -0.4 is 4.74 Å². The van der Waals surface area contributed by atoms with Gasteiger partial charge in [0, 0.05) is 0 Å². The Hall–Kier alpha value is -1.51. The smallest absolute Gasteiger partial charge is 0.337 e. The van der Waals surface area contributed by atoms with Crippen molar-refractivity contribution in [3.63, 3.8) is 0 Å². The van der Waals surface area contributed by atoms with Crippen LogP contribution in [0.2, 0.25) is 0 Å². The van der Waals surface area contributed by atoms with E-state index in [1.165, 1.54) is 7.11 Å². The zero-order valence-electron chi connectivity index (χ0n) is 10.2. The molecule has 0 unspecified atom stereocenters. The highest BCUT2D eigenvalue weighted by atomic mass is 16.5. The van der Waals surface area contributed by atoms with Gasteiger partial charge in [0.05, 0.1) is 19.3 Å². The molecule has 0 N–H and O–H groups in total. The van der Waals surface area contributed by atoms with Crippen LogP contribution in [0.3, 0.4) is 0 Å². The van der Waals surface area contributed by atoms with Crippen molar-refractivity contribution in [3.05, 3.63) is 29.3 Å². The van der Waals surface area contributed by atoms with E-state index in [0.29, 0.717) is 18.1 Å². The molecule has 0 saturated heterocycles. The molecule has 3 nitrogen and oxygen atoms in total. The predicted octanol–water partition coefficient (Wildman–Crippen LogP) is 3.00. The van der Waals surface area contributed by atoms with Gasteiger partial charge in [-0.25, -0.2) is 4.79 Å². The highest BCUT2D eigenvalue weighted by Crippen LogP contribution is 2.27.